The number of pyridine rings is 2. The fourth-order valence-electron chi connectivity index (χ4n) is 4.11. The minimum Gasteiger partial charge on any atom is -0.434 e. The molecule has 1 aliphatic heterocycles. The van der Waals surface area contributed by atoms with Gasteiger partial charge in [0.05, 0.1) is 17.6 Å². The van der Waals surface area contributed by atoms with Gasteiger partial charge < -0.3 is 9.64 Å². The summed E-state index contributed by atoms with van der Waals surface area (Å²) in [5.74, 6) is -0.167. The zero-order valence-corrected chi connectivity index (χ0v) is 17.0. The quantitative estimate of drug-likeness (QED) is 0.426. The average Bonchev–Trinajstić information content (AvgIpc) is 3.15. The van der Waals surface area contributed by atoms with Crippen molar-refractivity contribution in [3.8, 4) is 16.9 Å². The van der Waals surface area contributed by atoms with E-state index in [1.165, 1.54) is 6.07 Å². The highest BCUT2D eigenvalue weighted by Crippen LogP contribution is 2.38. The lowest BCUT2D eigenvalue weighted by Crippen LogP contribution is -2.26. The number of fused-ring (bicyclic) bond motifs is 2. The van der Waals surface area contributed by atoms with Gasteiger partial charge in [-0.2, -0.15) is 8.78 Å². The Kier molecular flexibility index (Phi) is 5.23. The summed E-state index contributed by atoms with van der Waals surface area (Å²) < 4.78 is 30.7. The highest BCUT2D eigenvalue weighted by atomic mass is 19.3. The lowest BCUT2D eigenvalue weighted by atomic mass is 9.97. The number of hydrogen-bond donors (Lipinski definition) is 0. The van der Waals surface area contributed by atoms with Crippen LogP contribution in [0.25, 0.3) is 22.0 Å². The molecule has 0 saturated heterocycles. The van der Waals surface area contributed by atoms with Crippen LogP contribution in [0.5, 0.6) is 5.75 Å². The molecule has 7 heteroatoms. The van der Waals surface area contributed by atoms with Crippen molar-refractivity contribution in [3.63, 3.8) is 0 Å². The molecule has 0 atom stereocenters. The van der Waals surface area contributed by atoms with E-state index in [4.69, 9.17) is 4.74 Å². The lowest BCUT2D eigenvalue weighted by molar-refractivity contribution is -0.0505. The molecule has 0 radical (unpaired) electrons. The lowest BCUT2D eigenvalue weighted by Gasteiger charge is -2.15. The molecule has 3 heterocycles. The summed E-state index contributed by atoms with van der Waals surface area (Å²) >= 11 is 0. The van der Waals surface area contributed by atoms with E-state index in [1.54, 1.807) is 35.5 Å². The molecule has 0 aliphatic carbocycles. The molecule has 1 aliphatic rings. The van der Waals surface area contributed by atoms with Gasteiger partial charge in [-0.3, -0.25) is 14.8 Å². The van der Waals surface area contributed by atoms with Gasteiger partial charge in [0.15, 0.2) is 0 Å². The molecule has 160 valence electrons. The summed E-state index contributed by atoms with van der Waals surface area (Å²) in [6.07, 6.45) is 3.82. The number of amides is 1. The molecule has 5 rings (SSSR count). The Bertz CT molecular complexity index is 1300. The van der Waals surface area contributed by atoms with Crippen molar-refractivity contribution >= 4 is 16.8 Å². The number of halogens is 2. The van der Waals surface area contributed by atoms with Gasteiger partial charge in [0.2, 0.25) is 0 Å². The summed E-state index contributed by atoms with van der Waals surface area (Å²) in [6.45, 7) is -2.33. The Morgan fingerprint density at radius 1 is 1.00 bits per heavy atom. The molecular weight excluding hydrogens is 412 g/mol. The van der Waals surface area contributed by atoms with E-state index in [2.05, 4.69) is 9.97 Å². The number of carbonyl (C=O) groups excluding carboxylic acids is 1. The van der Waals surface area contributed by atoms with Gasteiger partial charge in [0, 0.05) is 42.0 Å². The maximum Gasteiger partial charge on any atom is 0.387 e. The first-order valence-corrected chi connectivity index (χ1v) is 10.2. The van der Waals surface area contributed by atoms with Gasteiger partial charge in [-0.1, -0.05) is 24.3 Å². The number of alkyl halides is 2. The number of rotatable bonds is 6. The largest absolute Gasteiger partial charge is 0.434 e. The first kappa shape index (κ1) is 20.1. The van der Waals surface area contributed by atoms with Crippen molar-refractivity contribution in [3.05, 3.63) is 89.9 Å². The van der Waals surface area contributed by atoms with E-state index < -0.39 is 6.61 Å². The molecule has 2 aromatic carbocycles. The fraction of sp³-hybridized carbons (Fsp3) is 0.160. The van der Waals surface area contributed by atoms with Crippen LogP contribution in [-0.2, 0) is 13.0 Å². The van der Waals surface area contributed by atoms with Crippen molar-refractivity contribution in [2.75, 3.05) is 6.54 Å². The molecule has 4 aromatic rings. The van der Waals surface area contributed by atoms with Crippen LogP contribution in [0.15, 0.2) is 73.1 Å². The van der Waals surface area contributed by atoms with Crippen LogP contribution >= 0.6 is 0 Å². The Labute approximate surface area is 183 Å². The van der Waals surface area contributed by atoms with Crippen LogP contribution < -0.4 is 4.74 Å². The van der Waals surface area contributed by atoms with Crippen LogP contribution in [-0.4, -0.2) is 33.9 Å². The molecule has 0 N–H and O–H groups in total. The fourth-order valence-corrected chi connectivity index (χ4v) is 4.11. The van der Waals surface area contributed by atoms with E-state index in [0.717, 1.165) is 22.2 Å². The highest BCUT2D eigenvalue weighted by Gasteiger charge is 2.33. The summed E-state index contributed by atoms with van der Waals surface area (Å²) in [7, 11) is 0. The smallest absolute Gasteiger partial charge is 0.387 e. The molecule has 1 amide bonds. The zero-order chi connectivity index (χ0) is 22.1. The van der Waals surface area contributed by atoms with Crippen molar-refractivity contribution < 1.29 is 18.3 Å². The number of para-hydroxylation sites is 1. The maximum absolute atomic E-state index is 13.3. The number of hydrogen-bond acceptors (Lipinski definition) is 4. The first-order chi connectivity index (χ1) is 15.6. The minimum absolute atomic E-state index is 0.0347. The number of nitrogens with zero attached hydrogens (tertiary/aromatic N) is 3. The molecule has 0 bridgehead atoms. The first-order valence-electron chi connectivity index (χ1n) is 10.2. The topological polar surface area (TPSA) is 55.3 Å². The predicted molar refractivity (Wildman–Crippen MR) is 116 cm³/mol. The van der Waals surface area contributed by atoms with Crippen molar-refractivity contribution in [1.82, 2.24) is 14.9 Å². The average molecular weight is 431 g/mol. The Balaban J connectivity index is 1.44. The van der Waals surface area contributed by atoms with Crippen molar-refractivity contribution in [1.29, 1.82) is 0 Å². The third-order valence-corrected chi connectivity index (χ3v) is 5.62. The maximum atomic E-state index is 13.3. The molecule has 5 nitrogen and oxygen atoms in total. The molecule has 0 spiro atoms. The Morgan fingerprint density at radius 2 is 1.81 bits per heavy atom. The molecule has 32 heavy (non-hydrogen) atoms. The van der Waals surface area contributed by atoms with Crippen LogP contribution in [0, 0.1) is 0 Å². The second-order valence-electron chi connectivity index (χ2n) is 7.55. The van der Waals surface area contributed by atoms with Crippen LogP contribution in [0.1, 0.15) is 21.6 Å². The van der Waals surface area contributed by atoms with E-state index >= 15 is 0 Å². The summed E-state index contributed by atoms with van der Waals surface area (Å²) in [4.78, 5) is 23.6. The second-order valence-corrected chi connectivity index (χ2v) is 7.55. The van der Waals surface area contributed by atoms with Crippen LogP contribution in [0.2, 0.25) is 0 Å². The normalized spacial score (nSPS) is 13.1. The summed E-state index contributed by atoms with van der Waals surface area (Å²) in [5.41, 5.74) is 4.13. The Morgan fingerprint density at radius 3 is 2.62 bits per heavy atom. The van der Waals surface area contributed by atoms with E-state index in [9.17, 15) is 13.6 Å². The highest BCUT2D eigenvalue weighted by molar-refractivity contribution is 6.05. The Hall–Kier alpha value is -3.87. The standard InChI is InChI=1S/C25H19F2N3O2/c26-25(27)32-22-8-7-19(16-9-12-28-13-10-16)23-20(22)15-30(24(23)31)14-11-18-6-5-17-3-1-2-4-21(17)29-18/h1-10,12-13,25H,11,14-15H2. The van der Waals surface area contributed by atoms with Crippen molar-refractivity contribution in [2.24, 2.45) is 0 Å². The van der Waals surface area contributed by atoms with Gasteiger partial charge in [0.1, 0.15) is 5.75 Å². The van der Waals surface area contributed by atoms with Gasteiger partial charge in [-0.15, -0.1) is 0 Å². The van der Waals surface area contributed by atoms with Gasteiger partial charge in [-0.25, -0.2) is 0 Å². The molecule has 0 saturated carbocycles. The molecular formula is C25H19F2N3O2. The van der Waals surface area contributed by atoms with E-state index in [0.29, 0.717) is 29.7 Å². The van der Waals surface area contributed by atoms with Crippen molar-refractivity contribution in [2.45, 2.75) is 19.6 Å². The number of ether oxygens (including phenoxy) is 1. The second kappa shape index (κ2) is 8.34. The van der Waals surface area contributed by atoms with Gasteiger partial charge >= 0.3 is 6.61 Å². The van der Waals surface area contributed by atoms with Gasteiger partial charge in [-0.05, 0) is 47.5 Å². The monoisotopic (exact) mass is 431 g/mol. The zero-order valence-electron chi connectivity index (χ0n) is 17.0. The van der Waals surface area contributed by atoms with E-state index in [-0.39, 0.29) is 18.2 Å². The SMILES string of the molecule is O=C1c2c(-c3ccncc3)ccc(OC(F)F)c2CN1CCc1ccc2ccccc2n1. The van der Waals surface area contributed by atoms with Crippen LogP contribution in [0.4, 0.5) is 8.78 Å². The molecule has 0 fully saturated rings. The third kappa shape index (κ3) is 3.77. The summed E-state index contributed by atoms with van der Waals surface area (Å²) in [5, 5.41) is 1.05. The van der Waals surface area contributed by atoms with E-state index in [1.807, 2.05) is 36.4 Å². The van der Waals surface area contributed by atoms with Gasteiger partial charge in [0.25, 0.3) is 5.91 Å². The molecule has 2 aromatic heterocycles. The predicted octanol–water partition coefficient (Wildman–Crippen LogP) is 5.10. The summed E-state index contributed by atoms with van der Waals surface area (Å²) in [6, 6.07) is 18.5. The minimum atomic E-state index is -2.96. The number of carbonyl (C=O) groups is 1. The number of aromatic nitrogens is 2. The number of benzene rings is 2. The van der Waals surface area contributed by atoms with Crippen LogP contribution in [0.3, 0.4) is 0 Å². The molecule has 0 unspecified atom stereocenters. The third-order valence-electron chi connectivity index (χ3n) is 5.62.